The van der Waals surface area contributed by atoms with Crippen molar-refractivity contribution in [3.8, 4) is 17.1 Å². The van der Waals surface area contributed by atoms with E-state index < -0.39 is 0 Å². The Morgan fingerprint density at radius 2 is 1.80 bits per heavy atom. The first-order chi connectivity index (χ1) is 9.81. The molecule has 3 rings (SSSR count). The van der Waals surface area contributed by atoms with Crippen molar-refractivity contribution in [1.29, 1.82) is 0 Å². The summed E-state index contributed by atoms with van der Waals surface area (Å²) in [6.45, 7) is 6.68. The quantitative estimate of drug-likeness (QED) is 0.832. The number of rotatable bonds is 4. The fraction of sp³-hybridized carbons (Fsp3) is 0.412. The summed E-state index contributed by atoms with van der Waals surface area (Å²) in [5.41, 5.74) is 2.02. The minimum atomic E-state index is 0.688. The van der Waals surface area contributed by atoms with Crippen molar-refractivity contribution in [2.45, 2.75) is 33.6 Å². The first-order valence-corrected chi connectivity index (χ1v) is 7.35. The molecule has 0 unspecified atom stereocenters. The van der Waals surface area contributed by atoms with E-state index in [1.54, 1.807) is 0 Å². The standard InChI is InChI=1S/C15H16N2O.C2H6/c1-11-16-14(13-5-3-2-4-6-13)9-15(17-11)18-10-12-7-8-12;1-2/h2-6,9,12H,7-8,10H2,1H3;1-2H3. The van der Waals surface area contributed by atoms with Crippen LogP contribution >= 0.6 is 0 Å². The predicted molar refractivity (Wildman–Crippen MR) is 81.8 cm³/mol. The molecule has 1 fully saturated rings. The Balaban J connectivity index is 0.000000704. The van der Waals surface area contributed by atoms with E-state index in [2.05, 4.69) is 9.97 Å². The lowest BCUT2D eigenvalue weighted by atomic mass is 10.1. The molecule has 0 saturated heterocycles. The van der Waals surface area contributed by atoms with E-state index in [9.17, 15) is 0 Å². The normalized spacial score (nSPS) is 13.3. The molecule has 0 N–H and O–H groups in total. The lowest BCUT2D eigenvalue weighted by Gasteiger charge is -2.07. The second kappa shape index (κ2) is 7.04. The Hall–Kier alpha value is -1.90. The maximum atomic E-state index is 5.72. The van der Waals surface area contributed by atoms with Crippen molar-refractivity contribution in [2.75, 3.05) is 6.61 Å². The second-order valence-corrected chi connectivity index (χ2v) is 4.76. The van der Waals surface area contributed by atoms with Crippen molar-refractivity contribution < 1.29 is 4.74 Å². The van der Waals surface area contributed by atoms with Crippen LogP contribution in [0.2, 0.25) is 0 Å². The number of aryl methyl sites for hydroxylation is 1. The molecule has 0 radical (unpaired) electrons. The van der Waals surface area contributed by atoms with Gasteiger partial charge in [-0.2, -0.15) is 4.98 Å². The van der Waals surface area contributed by atoms with Gasteiger partial charge in [0.15, 0.2) is 0 Å². The number of aromatic nitrogens is 2. The predicted octanol–water partition coefficient (Wildman–Crippen LogP) is 4.27. The highest BCUT2D eigenvalue weighted by Crippen LogP contribution is 2.29. The summed E-state index contributed by atoms with van der Waals surface area (Å²) >= 11 is 0. The summed E-state index contributed by atoms with van der Waals surface area (Å²) in [5, 5.41) is 0. The van der Waals surface area contributed by atoms with E-state index in [4.69, 9.17) is 4.74 Å². The van der Waals surface area contributed by atoms with Crippen LogP contribution < -0.4 is 4.74 Å². The van der Waals surface area contributed by atoms with E-state index in [-0.39, 0.29) is 0 Å². The van der Waals surface area contributed by atoms with Gasteiger partial charge < -0.3 is 4.74 Å². The first-order valence-electron chi connectivity index (χ1n) is 7.35. The maximum Gasteiger partial charge on any atom is 0.217 e. The first kappa shape index (κ1) is 14.5. The van der Waals surface area contributed by atoms with Gasteiger partial charge in [-0.25, -0.2) is 4.98 Å². The summed E-state index contributed by atoms with van der Waals surface area (Å²) < 4.78 is 5.72. The molecule has 2 aromatic rings. The van der Waals surface area contributed by atoms with Crippen LogP contribution in [0.3, 0.4) is 0 Å². The van der Waals surface area contributed by atoms with Gasteiger partial charge >= 0.3 is 0 Å². The van der Waals surface area contributed by atoms with Gasteiger partial charge in [-0.1, -0.05) is 44.2 Å². The van der Waals surface area contributed by atoms with Gasteiger partial charge in [0.25, 0.3) is 0 Å². The molecule has 0 aliphatic heterocycles. The highest BCUT2D eigenvalue weighted by molar-refractivity contribution is 5.59. The van der Waals surface area contributed by atoms with Crippen LogP contribution in [0.1, 0.15) is 32.5 Å². The Labute approximate surface area is 121 Å². The molecule has 0 amide bonds. The van der Waals surface area contributed by atoms with Gasteiger partial charge in [0.1, 0.15) is 5.82 Å². The molecule has 0 atom stereocenters. The number of hydrogen-bond donors (Lipinski definition) is 0. The topological polar surface area (TPSA) is 35.0 Å². The molecule has 0 bridgehead atoms. The van der Waals surface area contributed by atoms with Crippen LogP contribution in [0, 0.1) is 12.8 Å². The van der Waals surface area contributed by atoms with Crippen molar-refractivity contribution in [3.63, 3.8) is 0 Å². The minimum Gasteiger partial charge on any atom is -0.477 e. The van der Waals surface area contributed by atoms with Crippen LogP contribution in [0.25, 0.3) is 11.3 Å². The van der Waals surface area contributed by atoms with Gasteiger partial charge in [-0.05, 0) is 25.7 Å². The monoisotopic (exact) mass is 270 g/mol. The molecule has 1 heterocycles. The summed E-state index contributed by atoms with van der Waals surface area (Å²) in [6.07, 6.45) is 2.57. The third-order valence-electron chi connectivity index (χ3n) is 3.05. The molecule has 1 aromatic carbocycles. The summed E-state index contributed by atoms with van der Waals surface area (Å²) in [4.78, 5) is 8.78. The molecule has 1 aliphatic rings. The van der Waals surface area contributed by atoms with Crippen molar-refractivity contribution in [3.05, 3.63) is 42.2 Å². The molecule has 1 aromatic heterocycles. The van der Waals surface area contributed by atoms with E-state index >= 15 is 0 Å². The molecule has 106 valence electrons. The number of hydrogen-bond acceptors (Lipinski definition) is 3. The van der Waals surface area contributed by atoms with Crippen LogP contribution in [-0.2, 0) is 0 Å². The van der Waals surface area contributed by atoms with E-state index in [0.29, 0.717) is 5.88 Å². The van der Waals surface area contributed by atoms with Crippen molar-refractivity contribution in [2.24, 2.45) is 5.92 Å². The van der Waals surface area contributed by atoms with Gasteiger partial charge in [0.05, 0.1) is 12.3 Å². The van der Waals surface area contributed by atoms with Crippen molar-refractivity contribution in [1.82, 2.24) is 9.97 Å². The van der Waals surface area contributed by atoms with Crippen LogP contribution in [0.4, 0.5) is 0 Å². The van der Waals surface area contributed by atoms with Gasteiger partial charge in [0, 0.05) is 11.6 Å². The van der Waals surface area contributed by atoms with Gasteiger partial charge in [-0.3, -0.25) is 0 Å². The smallest absolute Gasteiger partial charge is 0.217 e. The fourth-order valence-corrected chi connectivity index (χ4v) is 1.86. The van der Waals surface area contributed by atoms with E-state index in [1.165, 1.54) is 12.8 Å². The highest BCUT2D eigenvalue weighted by atomic mass is 16.5. The number of nitrogens with zero attached hydrogens (tertiary/aromatic N) is 2. The summed E-state index contributed by atoms with van der Waals surface area (Å²) in [7, 11) is 0. The molecular formula is C17H22N2O. The number of ether oxygens (including phenoxy) is 1. The average molecular weight is 270 g/mol. The molecule has 1 aliphatic carbocycles. The third-order valence-corrected chi connectivity index (χ3v) is 3.05. The van der Waals surface area contributed by atoms with E-state index in [1.807, 2.05) is 57.2 Å². The SMILES string of the molecule is CC.Cc1nc(OCC2CC2)cc(-c2ccccc2)n1. The lowest BCUT2D eigenvalue weighted by Crippen LogP contribution is -2.03. The van der Waals surface area contributed by atoms with Gasteiger partial charge in [-0.15, -0.1) is 0 Å². The average Bonchev–Trinajstić information content (AvgIpc) is 3.32. The Morgan fingerprint density at radius 1 is 1.10 bits per heavy atom. The highest BCUT2D eigenvalue weighted by Gasteiger charge is 2.22. The van der Waals surface area contributed by atoms with Crippen LogP contribution in [0.5, 0.6) is 5.88 Å². The summed E-state index contributed by atoms with van der Waals surface area (Å²) in [6, 6.07) is 12.0. The molecule has 1 saturated carbocycles. The maximum absolute atomic E-state index is 5.72. The molecule has 3 heteroatoms. The Bertz CT molecular complexity index is 536. The molecule has 3 nitrogen and oxygen atoms in total. The largest absolute Gasteiger partial charge is 0.477 e. The Morgan fingerprint density at radius 3 is 2.45 bits per heavy atom. The lowest BCUT2D eigenvalue weighted by molar-refractivity contribution is 0.287. The molecule has 20 heavy (non-hydrogen) atoms. The second-order valence-electron chi connectivity index (χ2n) is 4.76. The van der Waals surface area contributed by atoms with Crippen LogP contribution in [0.15, 0.2) is 36.4 Å². The van der Waals surface area contributed by atoms with Crippen molar-refractivity contribution >= 4 is 0 Å². The van der Waals surface area contributed by atoms with Crippen LogP contribution in [-0.4, -0.2) is 16.6 Å². The fourth-order valence-electron chi connectivity index (χ4n) is 1.86. The molecule has 0 spiro atoms. The Kier molecular flexibility index (Phi) is 5.10. The van der Waals surface area contributed by atoms with E-state index in [0.717, 1.165) is 29.6 Å². The zero-order valence-electron chi connectivity index (χ0n) is 12.5. The zero-order valence-corrected chi connectivity index (χ0v) is 12.5. The third kappa shape index (κ3) is 4.05. The minimum absolute atomic E-state index is 0.688. The number of benzene rings is 1. The molecular weight excluding hydrogens is 248 g/mol. The zero-order chi connectivity index (χ0) is 14.4. The summed E-state index contributed by atoms with van der Waals surface area (Å²) in [5.74, 6) is 2.18. The van der Waals surface area contributed by atoms with Gasteiger partial charge in [0.2, 0.25) is 5.88 Å².